The van der Waals surface area contributed by atoms with E-state index in [9.17, 15) is 9.59 Å². The zero-order valence-corrected chi connectivity index (χ0v) is 13.5. The van der Waals surface area contributed by atoms with Crippen molar-refractivity contribution in [1.29, 1.82) is 0 Å². The van der Waals surface area contributed by atoms with Gasteiger partial charge in [-0.25, -0.2) is 9.78 Å². The number of nitrogens with two attached hydrogens (primary N) is 1. The molecule has 0 saturated carbocycles. The minimum atomic E-state index is -1.09. The largest absolute Gasteiger partial charge is 0.465 e. The molecule has 0 saturated heterocycles. The van der Waals surface area contributed by atoms with Crippen molar-refractivity contribution in [2.45, 2.75) is 32.4 Å². The van der Waals surface area contributed by atoms with Crippen molar-refractivity contribution in [3.63, 3.8) is 0 Å². The van der Waals surface area contributed by atoms with E-state index >= 15 is 0 Å². The van der Waals surface area contributed by atoms with Gasteiger partial charge < -0.3 is 16.2 Å². The van der Waals surface area contributed by atoms with Gasteiger partial charge >= 0.3 is 6.09 Å². The molecule has 1 unspecified atom stereocenters. The van der Waals surface area contributed by atoms with E-state index in [0.717, 1.165) is 0 Å². The van der Waals surface area contributed by atoms with E-state index in [0.29, 0.717) is 41.1 Å². The van der Waals surface area contributed by atoms with Crippen LogP contribution in [-0.2, 0) is 6.54 Å². The molecule has 124 valence electrons. The molecule has 0 aliphatic heterocycles. The maximum absolute atomic E-state index is 12.8. The Hall–Kier alpha value is -2.12. The first-order valence-electron chi connectivity index (χ1n) is 7.37. The van der Waals surface area contributed by atoms with Gasteiger partial charge in [0.05, 0.1) is 22.0 Å². The molecule has 0 aliphatic carbocycles. The lowest BCUT2D eigenvalue weighted by molar-refractivity contribution is 0.194. The minimum absolute atomic E-state index is 0.239. The van der Waals surface area contributed by atoms with Crippen molar-refractivity contribution in [3.8, 4) is 0 Å². The van der Waals surface area contributed by atoms with Gasteiger partial charge in [0, 0.05) is 13.1 Å². The molecule has 0 aliphatic rings. The van der Waals surface area contributed by atoms with Gasteiger partial charge in [0.1, 0.15) is 5.82 Å². The Balaban J connectivity index is 2.46. The second-order valence-corrected chi connectivity index (χ2v) is 5.57. The Morgan fingerprint density at radius 3 is 2.91 bits per heavy atom. The molecule has 2 rings (SSSR count). The Bertz CT molecular complexity index is 775. The van der Waals surface area contributed by atoms with Gasteiger partial charge in [0.25, 0.3) is 5.56 Å². The number of halogens is 1. The number of amides is 1. The third-order valence-electron chi connectivity index (χ3n) is 3.57. The van der Waals surface area contributed by atoms with Crippen LogP contribution in [0.2, 0.25) is 5.02 Å². The Morgan fingerprint density at radius 1 is 1.52 bits per heavy atom. The number of nitrogens with one attached hydrogen (secondary N) is 1. The zero-order valence-electron chi connectivity index (χ0n) is 12.8. The van der Waals surface area contributed by atoms with Crippen LogP contribution >= 0.6 is 11.6 Å². The first kappa shape index (κ1) is 17.2. The Morgan fingerprint density at radius 2 is 2.26 bits per heavy atom. The fraction of sp³-hybridized carbons (Fsp3) is 0.400. The van der Waals surface area contributed by atoms with Gasteiger partial charge in [-0.15, -0.1) is 0 Å². The fourth-order valence-electron chi connectivity index (χ4n) is 2.35. The molecular formula is C15H19ClN4O3. The number of nitrogens with zero attached hydrogens (tertiary/aromatic N) is 2. The Labute approximate surface area is 138 Å². The van der Waals surface area contributed by atoms with Crippen molar-refractivity contribution in [3.05, 3.63) is 39.4 Å². The summed E-state index contributed by atoms with van der Waals surface area (Å²) in [6.45, 7) is 2.47. The molecule has 23 heavy (non-hydrogen) atoms. The Kier molecular flexibility index (Phi) is 5.57. The highest BCUT2D eigenvalue weighted by molar-refractivity contribution is 6.35. The third-order valence-corrected chi connectivity index (χ3v) is 3.88. The average molecular weight is 339 g/mol. The highest BCUT2D eigenvalue weighted by Crippen LogP contribution is 2.21. The molecule has 0 spiro atoms. The van der Waals surface area contributed by atoms with E-state index in [1.807, 2.05) is 6.92 Å². The molecule has 8 heteroatoms. The van der Waals surface area contributed by atoms with Crippen LogP contribution in [0.5, 0.6) is 0 Å². The molecule has 4 N–H and O–H groups in total. The molecule has 1 amide bonds. The van der Waals surface area contributed by atoms with Crippen LogP contribution in [0.4, 0.5) is 4.79 Å². The van der Waals surface area contributed by atoms with Crippen molar-refractivity contribution in [2.75, 3.05) is 6.54 Å². The standard InChI is InChI=1S/C15H19ClN4O3/c1-2-10(17)13-19-11-6-3-5-9(16)12(11)14(21)20(13)8-4-7-18-15(22)23/h3,5-6,10,18H,2,4,7-8,17H2,1H3,(H,22,23). The molecule has 2 aromatic rings. The second kappa shape index (κ2) is 7.43. The molecule has 1 heterocycles. The number of hydrogen-bond acceptors (Lipinski definition) is 4. The van der Waals surface area contributed by atoms with Gasteiger partial charge in [-0.2, -0.15) is 0 Å². The lowest BCUT2D eigenvalue weighted by atomic mass is 10.2. The van der Waals surface area contributed by atoms with Gasteiger partial charge in [0.15, 0.2) is 0 Å². The van der Waals surface area contributed by atoms with Gasteiger partial charge in [-0.05, 0) is 25.0 Å². The molecule has 0 fully saturated rings. The summed E-state index contributed by atoms with van der Waals surface area (Å²) in [7, 11) is 0. The maximum Gasteiger partial charge on any atom is 0.404 e. The quantitative estimate of drug-likeness (QED) is 0.699. The molecule has 1 aromatic heterocycles. The molecule has 0 bridgehead atoms. The van der Waals surface area contributed by atoms with Gasteiger partial charge in [-0.3, -0.25) is 9.36 Å². The summed E-state index contributed by atoms with van der Waals surface area (Å²) >= 11 is 6.13. The van der Waals surface area contributed by atoms with E-state index in [1.165, 1.54) is 4.57 Å². The number of aromatic nitrogens is 2. The first-order chi connectivity index (χ1) is 11.0. The summed E-state index contributed by atoms with van der Waals surface area (Å²) in [6.07, 6.45) is -0.0124. The van der Waals surface area contributed by atoms with E-state index in [4.69, 9.17) is 22.4 Å². The highest BCUT2D eigenvalue weighted by Gasteiger charge is 2.17. The summed E-state index contributed by atoms with van der Waals surface area (Å²) in [4.78, 5) is 27.8. The summed E-state index contributed by atoms with van der Waals surface area (Å²) < 4.78 is 1.49. The predicted molar refractivity (Wildman–Crippen MR) is 88.9 cm³/mol. The normalized spacial score (nSPS) is 12.3. The smallest absolute Gasteiger partial charge is 0.404 e. The summed E-state index contributed by atoms with van der Waals surface area (Å²) in [6, 6.07) is 4.73. The first-order valence-corrected chi connectivity index (χ1v) is 7.74. The summed E-state index contributed by atoms with van der Waals surface area (Å²) in [5.41, 5.74) is 6.34. The lowest BCUT2D eigenvalue weighted by Gasteiger charge is -2.17. The van der Waals surface area contributed by atoms with Crippen molar-refractivity contribution in [2.24, 2.45) is 5.73 Å². The van der Waals surface area contributed by atoms with Crippen molar-refractivity contribution < 1.29 is 9.90 Å². The van der Waals surface area contributed by atoms with Crippen LogP contribution in [0.25, 0.3) is 10.9 Å². The molecule has 7 nitrogen and oxygen atoms in total. The summed E-state index contributed by atoms with van der Waals surface area (Å²) in [5.74, 6) is 0.489. The van der Waals surface area contributed by atoms with Crippen LogP contribution < -0.4 is 16.6 Å². The lowest BCUT2D eigenvalue weighted by Crippen LogP contribution is -2.31. The predicted octanol–water partition coefficient (Wildman–Crippen LogP) is 2.12. The van der Waals surface area contributed by atoms with Crippen LogP contribution in [0.15, 0.2) is 23.0 Å². The van der Waals surface area contributed by atoms with Gasteiger partial charge in [0.2, 0.25) is 0 Å². The van der Waals surface area contributed by atoms with E-state index in [-0.39, 0.29) is 18.1 Å². The summed E-state index contributed by atoms with van der Waals surface area (Å²) in [5, 5.41) is 11.6. The number of carboxylic acid groups (broad SMARTS) is 1. The van der Waals surface area contributed by atoms with Crippen LogP contribution in [0, 0.1) is 0 Å². The second-order valence-electron chi connectivity index (χ2n) is 5.16. The monoisotopic (exact) mass is 338 g/mol. The molecular weight excluding hydrogens is 320 g/mol. The van der Waals surface area contributed by atoms with Gasteiger partial charge in [-0.1, -0.05) is 24.6 Å². The van der Waals surface area contributed by atoms with Crippen molar-refractivity contribution >= 4 is 28.6 Å². The van der Waals surface area contributed by atoms with Crippen LogP contribution in [0.1, 0.15) is 31.6 Å². The highest BCUT2D eigenvalue weighted by atomic mass is 35.5. The van der Waals surface area contributed by atoms with Crippen LogP contribution in [-0.4, -0.2) is 27.3 Å². The number of carbonyl (C=O) groups is 1. The van der Waals surface area contributed by atoms with E-state index < -0.39 is 6.09 Å². The fourth-order valence-corrected chi connectivity index (χ4v) is 2.61. The zero-order chi connectivity index (χ0) is 17.0. The molecule has 1 aromatic carbocycles. The number of rotatable bonds is 6. The number of hydrogen-bond donors (Lipinski definition) is 3. The maximum atomic E-state index is 12.8. The topological polar surface area (TPSA) is 110 Å². The van der Waals surface area contributed by atoms with Crippen LogP contribution in [0.3, 0.4) is 0 Å². The van der Waals surface area contributed by atoms with Crippen molar-refractivity contribution in [1.82, 2.24) is 14.9 Å². The number of benzene rings is 1. The SMILES string of the molecule is CCC(N)c1nc2cccc(Cl)c2c(=O)n1CCCNC(=O)O. The third kappa shape index (κ3) is 3.80. The number of fused-ring (bicyclic) bond motifs is 1. The van der Waals surface area contributed by atoms with E-state index in [2.05, 4.69) is 10.3 Å². The molecule has 1 atom stereocenters. The van der Waals surface area contributed by atoms with E-state index in [1.54, 1.807) is 18.2 Å². The molecule has 0 radical (unpaired) electrons. The minimum Gasteiger partial charge on any atom is -0.465 e. The average Bonchev–Trinajstić information content (AvgIpc) is 2.51.